The van der Waals surface area contributed by atoms with Gasteiger partial charge in [-0.15, -0.1) is 6.58 Å². The normalized spacial score (nSPS) is 10.3. The first kappa shape index (κ1) is 7.17. The van der Waals surface area contributed by atoms with Gasteiger partial charge in [0.2, 0.25) is 0 Å². The Bertz CT molecular complexity index is 398. The van der Waals surface area contributed by atoms with E-state index in [9.17, 15) is 0 Å². The molecule has 1 aromatic heterocycles. The maximum atomic E-state index is 3.70. The number of hydrogen-bond donors (Lipinski definition) is 0. The fourth-order valence-electron chi connectivity index (χ4n) is 1.35. The van der Waals surface area contributed by atoms with Crippen LogP contribution in [0.3, 0.4) is 0 Å². The molecule has 0 aliphatic heterocycles. The molecule has 0 spiro atoms. The summed E-state index contributed by atoms with van der Waals surface area (Å²) in [5.74, 6) is 0. The molecular formula is C11H10N. The van der Waals surface area contributed by atoms with E-state index < -0.39 is 0 Å². The summed E-state index contributed by atoms with van der Waals surface area (Å²) >= 11 is 0. The number of benzene rings is 1. The van der Waals surface area contributed by atoms with Crippen LogP contribution in [0.4, 0.5) is 0 Å². The van der Waals surface area contributed by atoms with Crippen LogP contribution in [-0.4, -0.2) is 4.57 Å². The Labute approximate surface area is 71.9 Å². The van der Waals surface area contributed by atoms with Crippen molar-refractivity contribution in [3.63, 3.8) is 0 Å². The highest BCUT2D eigenvalue weighted by atomic mass is 14.9. The summed E-state index contributed by atoms with van der Waals surface area (Å²) in [6.45, 7) is 4.53. The zero-order valence-electron chi connectivity index (χ0n) is 6.83. The molecule has 0 unspecified atom stereocenters. The van der Waals surface area contributed by atoms with Crippen LogP contribution in [-0.2, 0) is 6.54 Å². The number of rotatable bonds is 2. The largest absolute Gasteiger partial charge is 0.335 e. The topological polar surface area (TPSA) is 4.93 Å². The summed E-state index contributed by atoms with van der Waals surface area (Å²) in [5, 5.41) is 1.24. The molecule has 0 atom stereocenters. The Balaban J connectivity index is 2.62. The van der Waals surface area contributed by atoms with Crippen molar-refractivity contribution >= 4 is 10.9 Å². The molecule has 0 fully saturated rings. The molecule has 0 aliphatic rings. The van der Waals surface area contributed by atoms with Gasteiger partial charge < -0.3 is 4.57 Å². The maximum Gasteiger partial charge on any atom is 0.0662 e. The Morgan fingerprint density at radius 2 is 2.25 bits per heavy atom. The number of nitrogens with zero attached hydrogens (tertiary/aromatic N) is 1. The van der Waals surface area contributed by atoms with Gasteiger partial charge in [0.05, 0.1) is 6.20 Å². The van der Waals surface area contributed by atoms with Gasteiger partial charge >= 0.3 is 0 Å². The van der Waals surface area contributed by atoms with Gasteiger partial charge in [-0.05, 0) is 12.1 Å². The Morgan fingerprint density at radius 1 is 1.42 bits per heavy atom. The predicted molar refractivity (Wildman–Crippen MR) is 51.0 cm³/mol. The van der Waals surface area contributed by atoms with Crippen molar-refractivity contribution in [2.24, 2.45) is 0 Å². The minimum atomic E-state index is 0.827. The molecule has 1 heteroatoms. The van der Waals surface area contributed by atoms with Crippen LogP contribution >= 0.6 is 0 Å². The molecule has 1 heterocycles. The minimum Gasteiger partial charge on any atom is -0.335 e. The summed E-state index contributed by atoms with van der Waals surface area (Å²) in [6.07, 6.45) is 5.04. The first-order valence-corrected chi connectivity index (χ1v) is 3.98. The number of aromatic nitrogens is 1. The van der Waals surface area contributed by atoms with E-state index in [1.165, 1.54) is 10.9 Å². The average Bonchev–Trinajstić information content (AvgIpc) is 2.50. The molecule has 0 N–H and O–H groups in total. The fraction of sp³-hybridized carbons (Fsp3) is 0.0909. The highest BCUT2D eigenvalue weighted by Gasteiger charge is 1.96. The maximum absolute atomic E-state index is 3.70. The molecule has 1 radical (unpaired) electrons. The summed E-state index contributed by atoms with van der Waals surface area (Å²) in [7, 11) is 0. The Hall–Kier alpha value is -1.50. The van der Waals surface area contributed by atoms with Gasteiger partial charge in [0.15, 0.2) is 0 Å². The van der Waals surface area contributed by atoms with Crippen molar-refractivity contribution in [3.05, 3.63) is 49.2 Å². The summed E-state index contributed by atoms with van der Waals surface area (Å²) < 4.78 is 2.06. The molecule has 0 saturated heterocycles. The molecular weight excluding hydrogens is 146 g/mol. The molecule has 0 saturated carbocycles. The third-order valence-corrected chi connectivity index (χ3v) is 1.92. The smallest absolute Gasteiger partial charge is 0.0662 e. The van der Waals surface area contributed by atoms with E-state index in [1.807, 2.05) is 24.3 Å². The third kappa shape index (κ3) is 1.03. The molecule has 2 aromatic rings. The summed E-state index contributed by atoms with van der Waals surface area (Å²) in [4.78, 5) is 0. The lowest BCUT2D eigenvalue weighted by atomic mass is 10.2. The number of allylic oxidation sites excluding steroid dienone is 1. The van der Waals surface area contributed by atoms with Crippen molar-refractivity contribution in [3.8, 4) is 0 Å². The van der Waals surface area contributed by atoms with Crippen molar-refractivity contribution in [1.82, 2.24) is 4.57 Å². The van der Waals surface area contributed by atoms with Crippen LogP contribution < -0.4 is 0 Å². The van der Waals surface area contributed by atoms with Crippen LogP contribution in [0.25, 0.3) is 10.9 Å². The van der Waals surface area contributed by atoms with Gasteiger partial charge in [0.1, 0.15) is 0 Å². The van der Waals surface area contributed by atoms with Crippen LogP contribution in [0, 0.1) is 6.20 Å². The zero-order valence-corrected chi connectivity index (χ0v) is 6.83. The third-order valence-electron chi connectivity index (χ3n) is 1.92. The molecule has 1 aromatic carbocycles. The number of fused-ring (bicyclic) bond motifs is 1. The van der Waals surface area contributed by atoms with E-state index in [0.717, 1.165) is 6.54 Å². The van der Waals surface area contributed by atoms with Crippen molar-refractivity contribution in [2.75, 3.05) is 0 Å². The quantitative estimate of drug-likeness (QED) is 0.589. The highest BCUT2D eigenvalue weighted by molar-refractivity contribution is 5.79. The van der Waals surface area contributed by atoms with Crippen LogP contribution in [0.1, 0.15) is 0 Å². The second kappa shape index (κ2) is 2.86. The minimum absolute atomic E-state index is 0.827. The molecule has 1 nitrogen and oxygen atoms in total. The standard InChI is InChI=1S/C11H10N/c1-2-8-12-9-7-10-5-3-4-6-11(10)12/h2-7H,1,8H2. The lowest BCUT2D eigenvalue weighted by Gasteiger charge is -1.98. The van der Waals surface area contributed by atoms with E-state index in [1.54, 1.807) is 0 Å². The second-order valence-electron chi connectivity index (χ2n) is 2.73. The molecule has 2 rings (SSSR count). The molecule has 0 amide bonds. The van der Waals surface area contributed by atoms with E-state index in [-0.39, 0.29) is 0 Å². The predicted octanol–water partition coefficient (Wildman–Crippen LogP) is 2.63. The summed E-state index contributed by atoms with van der Waals surface area (Å²) in [6, 6.07) is 10.3. The van der Waals surface area contributed by atoms with Gasteiger partial charge in [0.25, 0.3) is 0 Å². The van der Waals surface area contributed by atoms with Gasteiger partial charge in [-0.3, -0.25) is 0 Å². The van der Waals surface area contributed by atoms with Gasteiger partial charge in [-0.1, -0.05) is 24.3 Å². The first-order chi connectivity index (χ1) is 5.92. The first-order valence-electron chi connectivity index (χ1n) is 3.98. The average molecular weight is 156 g/mol. The molecule has 12 heavy (non-hydrogen) atoms. The van der Waals surface area contributed by atoms with Crippen molar-refractivity contribution in [2.45, 2.75) is 6.54 Å². The zero-order chi connectivity index (χ0) is 8.39. The molecule has 59 valence electrons. The van der Waals surface area contributed by atoms with Crippen molar-refractivity contribution < 1.29 is 0 Å². The highest BCUT2D eigenvalue weighted by Crippen LogP contribution is 2.13. The lowest BCUT2D eigenvalue weighted by molar-refractivity contribution is 0.858. The fourth-order valence-corrected chi connectivity index (χ4v) is 1.35. The lowest BCUT2D eigenvalue weighted by Crippen LogP contribution is -1.91. The van der Waals surface area contributed by atoms with Crippen LogP contribution in [0.5, 0.6) is 0 Å². The monoisotopic (exact) mass is 156 g/mol. The summed E-state index contributed by atoms with van der Waals surface area (Å²) in [5.41, 5.74) is 1.22. The van der Waals surface area contributed by atoms with Gasteiger partial charge in [0, 0.05) is 17.4 Å². The van der Waals surface area contributed by atoms with Crippen molar-refractivity contribution in [1.29, 1.82) is 0 Å². The number of para-hydroxylation sites is 1. The SMILES string of the molecule is C=CCn1[c]cc2ccccc21. The van der Waals surface area contributed by atoms with Gasteiger partial charge in [-0.25, -0.2) is 0 Å². The number of hydrogen-bond acceptors (Lipinski definition) is 0. The van der Waals surface area contributed by atoms with Crippen LogP contribution in [0.2, 0.25) is 0 Å². The van der Waals surface area contributed by atoms with E-state index in [2.05, 4.69) is 29.5 Å². The second-order valence-corrected chi connectivity index (χ2v) is 2.73. The van der Waals surface area contributed by atoms with Crippen LogP contribution in [0.15, 0.2) is 43.0 Å². The van der Waals surface area contributed by atoms with Gasteiger partial charge in [-0.2, -0.15) is 0 Å². The van der Waals surface area contributed by atoms with E-state index >= 15 is 0 Å². The van der Waals surface area contributed by atoms with E-state index in [4.69, 9.17) is 0 Å². The van der Waals surface area contributed by atoms with E-state index in [0.29, 0.717) is 0 Å². The molecule has 0 aliphatic carbocycles. The Kier molecular flexibility index (Phi) is 1.71. The molecule has 0 bridgehead atoms. The Morgan fingerprint density at radius 3 is 3.08 bits per heavy atom.